The third kappa shape index (κ3) is 3.32. The van der Waals surface area contributed by atoms with Gasteiger partial charge in [0, 0.05) is 10.0 Å². The molecule has 1 unspecified atom stereocenters. The average Bonchev–Trinajstić information content (AvgIpc) is 2.29. The van der Waals surface area contributed by atoms with E-state index < -0.39 is 5.54 Å². The minimum absolute atomic E-state index is 0.0637. The summed E-state index contributed by atoms with van der Waals surface area (Å²) >= 11 is 3.31. The van der Waals surface area contributed by atoms with Crippen LogP contribution in [-0.2, 0) is 0 Å². The minimum atomic E-state index is -0.551. The summed E-state index contributed by atoms with van der Waals surface area (Å²) in [6.45, 7) is 3.69. The van der Waals surface area contributed by atoms with Crippen molar-refractivity contribution >= 4 is 21.8 Å². The van der Waals surface area contributed by atoms with Gasteiger partial charge >= 0.3 is 0 Å². The molecule has 0 bridgehead atoms. The molecule has 1 rings (SSSR count). The van der Waals surface area contributed by atoms with Crippen LogP contribution >= 0.6 is 15.9 Å². The van der Waals surface area contributed by atoms with Gasteiger partial charge in [-0.3, -0.25) is 4.79 Å². The lowest BCUT2D eigenvalue weighted by Crippen LogP contribution is -2.48. The van der Waals surface area contributed by atoms with Crippen LogP contribution in [0.15, 0.2) is 28.7 Å². The molecule has 0 spiro atoms. The van der Waals surface area contributed by atoms with Gasteiger partial charge in [-0.1, -0.05) is 22.9 Å². The van der Waals surface area contributed by atoms with E-state index >= 15 is 0 Å². The third-order valence-electron chi connectivity index (χ3n) is 2.65. The Balaban J connectivity index is 2.76. The summed E-state index contributed by atoms with van der Waals surface area (Å²) in [4.78, 5) is 11.9. The number of hydrogen-bond donors (Lipinski definition) is 2. The number of hydrogen-bond acceptors (Lipinski definition) is 2. The molecule has 0 radical (unpaired) electrons. The van der Waals surface area contributed by atoms with Gasteiger partial charge in [0.05, 0.1) is 12.1 Å². The molecule has 0 aliphatic carbocycles. The number of amides is 1. The highest BCUT2D eigenvalue weighted by atomic mass is 79.9. The Hall–Kier alpha value is -0.870. The number of aliphatic hydroxyl groups is 1. The fourth-order valence-corrected chi connectivity index (χ4v) is 1.45. The van der Waals surface area contributed by atoms with Crippen molar-refractivity contribution in [3.05, 3.63) is 34.3 Å². The predicted molar refractivity (Wildman–Crippen MR) is 67.4 cm³/mol. The number of carbonyl (C=O) groups is 1. The van der Waals surface area contributed by atoms with Crippen molar-refractivity contribution < 1.29 is 9.90 Å². The molecule has 1 aromatic rings. The molecule has 1 aromatic carbocycles. The second-order valence-corrected chi connectivity index (χ2v) is 4.95. The Morgan fingerprint density at radius 2 is 2.00 bits per heavy atom. The van der Waals surface area contributed by atoms with Crippen molar-refractivity contribution in [1.82, 2.24) is 5.32 Å². The number of halogens is 1. The van der Waals surface area contributed by atoms with Crippen LogP contribution in [0.25, 0.3) is 0 Å². The number of aliphatic hydroxyl groups excluding tert-OH is 1. The molecular formula is C12H16BrNO2. The first kappa shape index (κ1) is 13.2. The summed E-state index contributed by atoms with van der Waals surface area (Å²) < 4.78 is 0.935. The Labute approximate surface area is 104 Å². The van der Waals surface area contributed by atoms with Gasteiger partial charge in [0.25, 0.3) is 5.91 Å². The summed E-state index contributed by atoms with van der Waals surface area (Å²) in [6.07, 6.45) is 0.686. The Morgan fingerprint density at radius 3 is 2.44 bits per heavy atom. The highest BCUT2D eigenvalue weighted by Gasteiger charge is 2.23. The van der Waals surface area contributed by atoms with Crippen molar-refractivity contribution in [2.75, 3.05) is 6.61 Å². The van der Waals surface area contributed by atoms with Gasteiger partial charge in [0.1, 0.15) is 0 Å². The molecular weight excluding hydrogens is 270 g/mol. The van der Waals surface area contributed by atoms with E-state index in [1.165, 1.54) is 0 Å². The normalized spacial score (nSPS) is 14.2. The zero-order valence-corrected chi connectivity index (χ0v) is 11.0. The van der Waals surface area contributed by atoms with Gasteiger partial charge in [-0.25, -0.2) is 0 Å². The molecule has 0 aromatic heterocycles. The second kappa shape index (κ2) is 5.46. The lowest BCUT2D eigenvalue weighted by Gasteiger charge is -2.27. The summed E-state index contributed by atoms with van der Waals surface area (Å²) in [5.74, 6) is -0.161. The summed E-state index contributed by atoms with van der Waals surface area (Å²) in [5.41, 5.74) is 0.0424. The van der Waals surface area contributed by atoms with Crippen molar-refractivity contribution in [2.24, 2.45) is 0 Å². The molecule has 4 heteroatoms. The van der Waals surface area contributed by atoms with Gasteiger partial charge in [-0.05, 0) is 37.6 Å². The molecule has 2 N–H and O–H groups in total. The maximum atomic E-state index is 11.9. The van der Waals surface area contributed by atoms with Crippen molar-refractivity contribution in [2.45, 2.75) is 25.8 Å². The van der Waals surface area contributed by atoms with Gasteiger partial charge in [0.2, 0.25) is 0 Å². The van der Waals surface area contributed by atoms with E-state index in [4.69, 9.17) is 0 Å². The smallest absolute Gasteiger partial charge is 0.251 e. The first-order valence-electron chi connectivity index (χ1n) is 5.19. The van der Waals surface area contributed by atoms with E-state index in [1.807, 2.05) is 26.0 Å². The van der Waals surface area contributed by atoms with E-state index in [-0.39, 0.29) is 12.5 Å². The summed E-state index contributed by atoms with van der Waals surface area (Å²) in [7, 11) is 0. The molecule has 1 atom stereocenters. The third-order valence-corrected chi connectivity index (χ3v) is 3.18. The zero-order chi connectivity index (χ0) is 12.2. The molecule has 0 heterocycles. The van der Waals surface area contributed by atoms with Gasteiger partial charge in [-0.15, -0.1) is 0 Å². The fraction of sp³-hybridized carbons (Fsp3) is 0.417. The van der Waals surface area contributed by atoms with Gasteiger partial charge < -0.3 is 10.4 Å². The first-order chi connectivity index (χ1) is 7.50. The summed E-state index contributed by atoms with van der Waals surface area (Å²) in [5, 5.41) is 12.0. The fourth-order valence-electron chi connectivity index (χ4n) is 1.19. The molecule has 0 saturated heterocycles. The Morgan fingerprint density at radius 1 is 1.44 bits per heavy atom. The maximum Gasteiger partial charge on any atom is 0.251 e. The van der Waals surface area contributed by atoms with Crippen LogP contribution < -0.4 is 5.32 Å². The van der Waals surface area contributed by atoms with E-state index in [0.717, 1.165) is 4.47 Å². The predicted octanol–water partition coefficient (Wildman–Crippen LogP) is 2.34. The minimum Gasteiger partial charge on any atom is -0.394 e. The van der Waals surface area contributed by atoms with Crippen LogP contribution in [0, 0.1) is 0 Å². The molecule has 3 nitrogen and oxygen atoms in total. The molecule has 1 amide bonds. The average molecular weight is 286 g/mol. The summed E-state index contributed by atoms with van der Waals surface area (Å²) in [6, 6.07) is 7.12. The first-order valence-corrected chi connectivity index (χ1v) is 5.99. The maximum absolute atomic E-state index is 11.9. The number of nitrogens with one attached hydrogen (secondary N) is 1. The van der Waals surface area contributed by atoms with E-state index in [9.17, 15) is 9.90 Å². The van der Waals surface area contributed by atoms with Gasteiger partial charge in [0.15, 0.2) is 0 Å². The lowest BCUT2D eigenvalue weighted by atomic mass is 9.99. The van der Waals surface area contributed by atoms with Crippen LogP contribution in [0.2, 0.25) is 0 Å². The van der Waals surface area contributed by atoms with Crippen LogP contribution in [0.1, 0.15) is 30.6 Å². The van der Waals surface area contributed by atoms with E-state index in [2.05, 4.69) is 21.2 Å². The molecule has 88 valence electrons. The van der Waals surface area contributed by atoms with Crippen LogP contribution in [0.5, 0.6) is 0 Å². The Bertz CT molecular complexity index is 358. The van der Waals surface area contributed by atoms with Gasteiger partial charge in [-0.2, -0.15) is 0 Å². The van der Waals surface area contributed by atoms with Crippen LogP contribution in [-0.4, -0.2) is 23.2 Å². The van der Waals surface area contributed by atoms with Crippen molar-refractivity contribution in [1.29, 1.82) is 0 Å². The highest BCUT2D eigenvalue weighted by Crippen LogP contribution is 2.13. The largest absolute Gasteiger partial charge is 0.394 e. The molecule has 0 saturated carbocycles. The highest BCUT2D eigenvalue weighted by molar-refractivity contribution is 9.10. The van der Waals surface area contributed by atoms with Crippen LogP contribution in [0.4, 0.5) is 0 Å². The Kier molecular flexibility index (Phi) is 4.50. The van der Waals surface area contributed by atoms with E-state index in [1.54, 1.807) is 12.1 Å². The molecule has 0 fully saturated rings. The monoisotopic (exact) mass is 285 g/mol. The lowest BCUT2D eigenvalue weighted by molar-refractivity contribution is 0.0847. The van der Waals surface area contributed by atoms with Crippen molar-refractivity contribution in [3.63, 3.8) is 0 Å². The number of rotatable bonds is 4. The molecule has 0 aliphatic heterocycles. The second-order valence-electron chi connectivity index (χ2n) is 4.03. The van der Waals surface area contributed by atoms with Crippen molar-refractivity contribution in [3.8, 4) is 0 Å². The standard InChI is InChI=1S/C12H16BrNO2/c1-3-12(2,8-15)14-11(16)9-4-6-10(13)7-5-9/h4-7,15H,3,8H2,1-2H3,(H,14,16). The molecule has 16 heavy (non-hydrogen) atoms. The quantitative estimate of drug-likeness (QED) is 0.892. The number of carbonyl (C=O) groups excluding carboxylic acids is 1. The molecule has 0 aliphatic rings. The van der Waals surface area contributed by atoms with E-state index in [0.29, 0.717) is 12.0 Å². The number of benzene rings is 1. The zero-order valence-electron chi connectivity index (χ0n) is 9.46. The SMILES string of the molecule is CCC(C)(CO)NC(=O)c1ccc(Br)cc1. The topological polar surface area (TPSA) is 49.3 Å². The van der Waals surface area contributed by atoms with Crippen LogP contribution in [0.3, 0.4) is 0 Å².